The Bertz CT molecular complexity index is 646. The number of carbonyl (C=O) groups is 1. The molecule has 0 fully saturated rings. The molecule has 1 aliphatic heterocycles. The molecule has 0 bridgehead atoms. The van der Waals surface area contributed by atoms with Crippen molar-refractivity contribution in [3.8, 4) is 0 Å². The van der Waals surface area contributed by atoms with Gasteiger partial charge in [0.2, 0.25) is 0 Å². The van der Waals surface area contributed by atoms with Crippen LogP contribution < -0.4 is 5.32 Å². The lowest BCUT2D eigenvalue weighted by molar-refractivity contribution is -0.116. The molecule has 1 aromatic carbocycles. The van der Waals surface area contributed by atoms with Crippen LogP contribution in [0.2, 0.25) is 0 Å². The fourth-order valence-corrected chi connectivity index (χ4v) is 2.27. The molecule has 1 aliphatic rings. The predicted octanol–water partition coefficient (Wildman–Crippen LogP) is 3.03. The summed E-state index contributed by atoms with van der Waals surface area (Å²) in [5, 5.41) is 8.41. The second kappa shape index (κ2) is 8.08. The average Bonchev–Trinajstić information content (AvgIpc) is 2.58. The van der Waals surface area contributed by atoms with Crippen LogP contribution in [-0.4, -0.2) is 30.5 Å². The van der Waals surface area contributed by atoms with Crippen LogP contribution in [0.25, 0.3) is 5.57 Å². The normalized spacial score (nSPS) is 24.5. The molecular weight excluding hydrogens is 288 g/mol. The Morgan fingerprint density at radius 3 is 2.83 bits per heavy atom. The molecule has 1 N–H and O–H groups in total. The number of benzene rings is 1. The highest BCUT2D eigenvalue weighted by atomic mass is 16.1. The molecule has 1 amide bonds. The smallest absolute Gasteiger partial charge is 0.253 e. The van der Waals surface area contributed by atoms with Crippen LogP contribution in [0.3, 0.4) is 0 Å². The SMILES string of the molecule is C=NN1CNC(=O)/C(c2ccccc2)=C\C(C)/C=N\C1=C\CC. The van der Waals surface area contributed by atoms with E-state index in [4.69, 9.17) is 0 Å². The minimum Gasteiger partial charge on any atom is -0.333 e. The zero-order valence-electron chi connectivity index (χ0n) is 13.6. The van der Waals surface area contributed by atoms with E-state index in [0.717, 1.165) is 12.0 Å². The number of nitrogens with zero attached hydrogens (tertiary/aromatic N) is 3. The van der Waals surface area contributed by atoms with E-state index in [-0.39, 0.29) is 18.5 Å². The van der Waals surface area contributed by atoms with E-state index in [0.29, 0.717) is 11.4 Å². The monoisotopic (exact) mass is 310 g/mol. The van der Waals surface area contributed by atoms with Crippen molar-refractivity contribution in [1.29, 1.82) is 0 Å². The minimum absolute atomic E-state index is 0.0148. The lowest BCUT2D eigenvalue weighted by atomic mass is 10.0. The number of rotatable bonds is 3. The van der Waals surface area contributed by atoms with Gasteiger partial charge in [-0.25, -0.2) is 10.0 Å². The van der Waals surface area contributed by atoms with Crippen LogP contribution >= 0.6 is 0 Å². The van der Waals surface area contributed by atoms with Crippen LogP contribution in [0.4, 0.5) is 0 Å². The number of nitrogens with one attached hydrogen (secondary N) is 1. The van der Waals surface area contributed by atoms with E-state index in [1.165, 1.54) is 0 Å². The Balaban J connectivity index is 2.40. The fraction of sp³-hybridized carbons (Fsp3) is 0.278. The quantitative estimate of drug-likeness (QED) is 0.872. The van der Waals surface area contributed by atoms with Gasteiger partial charge in [-0.15, -0.1) is 0 Å². The molecule has 1 unspecified atom stereocenters. The number of carbonyl (C=O) groups excluding carboxylic acids is 1. The van der Waals surface area contributed by atoms with Gasteiger partial charge in [0.15, 0.2) is 0 Å². The maximum atomic E-state index is 12.6. The van der Waals surface area contributed by atoms with Gasteiger partial charge in [-0.3, -0.25) is 4.79 Å². The van der Waals surface area contributed by atoms with Crippen molar-refractivity contribution in [3.63, 3.8) is 0 Å². The third-order valence-corrected chi connectivity index (χ3v) is 3.41. The van der Waals surface area contributed by atoms with E-state index in [1.807, 2.05) is 62.5 Å². The highest BCUT2D eigenvalue weighted by Gasteiger charge is 2.16. The Morgan fingerprint density at radius 2 is 2.17 bits per heavy atom. The van der Waals surface area contributed by atoms with Gasteiger partial charge in [-0.1, -0.05) is 50.3 Å². The molecule has 1 aromatic rings. The van der Waals surface area contributed by atoms with Crippen molar-refractivity contribution in [1.82, 2.24) is 10.3 Å². The van der Waals surface area contributed by atoms with Crippen molar-refractivity contribution in [2.75, 3.05) is 6.67 Å². The third kappa shape index (κ3) is 4.39. The van der Waals surface area contributed by atoms with Gasteiger partial charge in [0.05, 0.1) is 0 Å². The third-order valence-electron chi connectivity index (χ3n) is 3.41. The molecule has 120 valence electrons. The molecule has 1 heterocycles. The Kier molecular flexibility index (Phi) is 5.86. The van der Waals surface area contributed by atoms with Gasteiger partial charge in [0.25, 0.3) is 5.91 Å². The summed E-state index contributed by atoms with van der Waals surface area (Å²) >= 11 is 0. The average molecular weight is 310 g/mol. The Morgan fingerprint density at radius 1 is 1.43 bits per heavy atom. The van der Waals surface area contributed by atoms with Gasteiger partial charge < -0.3 is 5.32 Å². The van der Waals surface area contributed by atoms with Gasteiger partial charge in [-0.2, -0.15) is 5.10 Å². The first-order valence-corrected chi connectivity index (χ1v) is 7.69. The van der Waals surface area contributed by atoms with E-state index in [1.54, 1.807) is 5.01 Å². The zero-order chi connectivity index (χ0) is 16.7. The number of hydrogen-bond donors (Lipinski definition) is 1. The highest BCUT2D eigenvalue weighted by molar-refractivity contribution is 6.19. The van der Waals surface area contributed by atoms with E-state index >= 15 is 0 Å². The molecule has 5 heteroatoms. The first-order valence-electron chi connectivity index (χ1n) is 7.69. The largest absolute Gasteiger partial charge is 0.333 e. The molecule has 0 radical (unpaired) electrons. The van der Waals surface area contributed by atoms with Crippen LogP contribution in [0, 0.1) is 5.92 Å². The lowest BCUT2D eigenvalue weighted by Gasteiger charge is -2.21. The first-order chi connectivity index (χ1) is 11.2. The van der Waals surface area contributed by atoms with Crippen molar-refractivity contribution < 1.29 is 4.79 Å². The lowest BCUT2D eigenvalue weighted by Crippen LogP contribution is -2.35. The molecule has 0 saturated heterocycles. The zero-order valence-corrected chi connectivity index (χ0v) is 13.6. The topological polar surface area (TPSA) is 57.1 Å². The summed E-state index contributed by atoms with van der Waals surface area (Å²) in [5.74, 6) is 0.565. The number of aliphatic imine (C=N–C) groups is 1. The highest BCUT2D eigenvalue weighted by Crippen LogP contribution is 2.18. The van der Waals surface area contributed by atoms with Gasteiger partial charge in [0, 0.05) is 24.4 Å². The minimum atomic E-state index is -0.136. The summed E-state index contributed by atoms with van der Waals surface area (Å²) in [6.07, 6.45) is 6.52. The van der Waals surface area contributed by atoms with E-state index < -0.39 is 0 Å². The van der Waals surface area contributed by atoms with Crippen molar-refractivity contribution in [2.45, 2.75) is 20.3 Å². The molecule has 23 heavy (non-hydrogen) atoms. The van der Waals surface area contributed by atoms with Gasteiger partial charge in [0.1, 0.15) is 12.5 Å². The predicted molar refractivity (Wildman–Crippen MR) is 94.8 cm³/mol. The van der Waals surface area contributed by atoms with Gasteiger partial charge >= 0.3 is 0 Å². The Labute approximate surface area is 137 Å². The summed E-state index contributed by atoms with van der Waals surface area (Å²) in [6.45, 7) is 7.81. The van der Waals surface area contributed by atoms with E-state index in [9.17, 15) is 4.79 Å². The number of allylic oxidation sites excluding steroid dienone is 2. The van der Waals surface area contributed by atoms with Gasteiger partial charge in [-0.05, 0) is 18.1 Å². The maximum Gasteiger partial charge on any atom is 0.253 e. The van der Waals surface area contributed by atoms with Crippen LogP contribution in [-0.2, 0) is 4.79 Å². The van der Waals surface area contributed by atoms with Crippen molar-refractivity contribution >= 4 is 24.4 Å². The molecule has 0 aromatic heterocycles. The standard InChI is InChI=1S/C18H22N4O/c1-4-8-17-20-12-14(2)11-16(15-9-6-5-7-10-15)18(23)21-13-22(17)19-3/h5-12,14H,3-4,13H2,1-2H3,(H,21,23)/b16-11-,17-8-,20-12-. The second-order valence-corrected chi connectivity index (χ2v) is 5.26. The summed E-state index contributed by atoms with van der Waals surface area (Å²) in [7, 11) is 0. The molecule has 1 atom stereocenters. The first kappa shape index (κ1) is 16.7. The second-order valence-electron chi connectivity index (χ2n) is 5.26. The molecular formula is C18H22N4O. The van der Waals surface area contributed by atoms with Crippen molar-refractivity contribution in [2.24, 2.45) is 16.0 Å². The molecule has 0 aliphatic carbocycles. The summed E-state index contributed by atoms with van der Waals surface area (Å²) in [4.78, 5) is 17.1. The van der Waals surface area contributed by atoms with Crippen molar-refractivity contribution in [3.05, 3.63) is 53.9 Å². The number of hydrogen-bond acceptors (Lipinski definition) is 4. The summed E-state index contributed by atoms with van der Waals surface area (Å²) in [6, 6.07) is 9.61. The maximum absolute atomic E-state index is 12.6. The number of amides is 1. The Hall–Kier alpha value is -2.69. The van der Waals surface area contributed by atoms with E-state index in [2.05, 4.69) is 22.1 Å². The molecule has 2 rings (SSSR count). The molecule has 0 spiro atoms. The summed E-state index contributed by atoms with van der Waals surface area (Å²) < 4.78 is 0. The van der Waals surface area contributed by atoms with Crippen LogP contribution in [0.5, 0.6) is 0 Å². The van der Waals surface area contributed by atoms with Crippen LogP contribution in [0.1, 0.15) is 25.8 Å². The van der Waals surface area contributed by atoms with Crippen LogP contribution in [0.15, 0.2) is 58.4 Å². The number of hydrazone groups is 1. The molecule has 0 saturated carbocycles. The fourth-order valence-electron chi connectivity index (χ4n) is 2.27. The molecule has 5 nitrogen and oxygen atoms in total. The summed E-state index contributed by atoms with van der Waals surface area (Å²) in [5.41, 5.74) is 1.52.